The van der Waals surface area contributed by atoms with E-state index in [0.29, 0.717) is 6.54 Å². The highest BCUT2D eigenvalue weighted by Crippen LogP contribution is 2.10. The Labute approximate surface area is 110 Å². The number of carbonyl (C=O) groups is 2. The Bertz CT molecular complexity index is 431. The lowest BCUT2D eigenvalue weighted by atomic mass is 10.3. The smallest absolute Gasteiger partial charge is 0.323 e. The molecule has 0 saturated carbocycles. The number of hydrogen-bond acceptors (Lipinski definition) is 4. The Hall–Kier alpha value is -1.63. The molecular formula is C11H17N3O3S. The van der Waals surface area contributed by atoms with E-state index in [-0.39, 0.29) is 18.6 Å². The average Bonchev–Trinajstić information content (AvgIpc) is 2.68. The number of rotatable bonds is 5. The second kappa shape index (κ2) is 6.34. The van der Waals surface area contributed by atoms with Gasteiger partial charge in [0.05, 0.1) is 6.54 Å². The monoisotopic (exact) mass is 271 g/mol. The third-order valence-corrected chi connectivity index (χ3v) is 3.16. The maximum atomic E-state index is 11.8. The molecule has 1 rings (SSSR count). The van der Waals surface area contributed by atoms with Crippen LogP contribution >= 0.6 is 11.3 Å². The van der Waals surface area contributed by atoms with Gasteiger partial charge in [0.2, 0.25) is 0 Å². The van der Waals surface area contributed by atoms with Gasteiger partial charge in [-0.25, -0.2) is 9.78 Å². The molecule has 0 aliphatic rings. The van der Waals surface area contributed by atoms with Gasteiger partial charge in [-0.15, -0.1) is 11.3 Å². The molecule has 18 heavy (non-hydrogen) atoms. The van der Waals surface area contributed by atoms with Gasteiger partial charge in [0.15, 0.2) is 0 Å². The van der Waals surface area contributed by atoms with Crippen LogP contribution in [-0.2, 0) is 11.3 Å². The quantitative estimate of drug-likeness (QED) is 0.849. The summed E-state index contributed by atoms with van der Waals surface area (Å²) >= 11 is 1.50. The van der Waals surface area contributed by atoms with E-state index in [2.05, 4.69) is 10.3 Å². The lowest BCUT2D eigenvalue weighted by Gasteiger charge is -2.24. The first kappa shape index (κ1) is 14.4. The lowest BCUT2D eigenvalue weighted by Crippen LogP contribution is -2.46. The van der Waals surface area contributed by atoms with Crippen molar-refractivity contribution in [3.63, 3.8) is 0 Å². The second-order valence-electron chi connectivity index (χ2n) is 4.14. The van der Waals surface area contributed by atoms with Crippen molar-refractivity contribution in [3.8, 4) is 0 Å². The Morgan fingerprint density at radius 3 is 2.67 bits per heavy atom. The van der Waals surface area contributed by atoms with Crippen molar-refractivity contribution in [2.45, 2.75) is 33.4 Å². The molecule has 0 aliphatic heterocycles. The molecule has 0 radical (unpaired) electrons. The predicted octanol–water partition coefficient (Wildman–Crippen LogP) is 1.46. The van der Waals surface area contributed by atoms with E-state index in [1.165, 1.54) is 16.2 Å². The zero-order valence-corrected chi connectivity index (χ0v) is 11.5. The summed E-state index contributed by atoms with van der Waals surface area (Å²) in [5.41, 5.74) is 0. The number of carboxylic acids is 1. The fourth-order valence-electron chi connectivity index (χ4n) is 1.37. The van der Waals surface area contributed by atoms with Gasteiger partial charge in [0.25, 0.3) is 0 Å². The van der Waals surface area contributed by atoms with Crippen molar-refractivity contribution in [2.75, 3.05) is 6.54 Å². The summed E-state index contributed by atoms with van der Waals surface area (Å²) in [5.74, 6) is -1.02. The SMILES string of the molecule is Cc1cnc(CNC(=O)N(CC(=O)O)C(C)C)s1. The van der Waals surface area contributed by atoms with E-state index < -0.39 is 5.97 Å². The maximum absolute atomic E-state index is 11.8. The third kappa shape index (κ3) is 4.33. The number of carbonyl (C=O) groups excluding carboxylic acids is 1. The number of aliphatic carboxylic acids is 1. The van der Waals surface area contributed by atoms with Gasteiger partial charge in [-0.3, -0.25) is 4.79 Å². The van der Waals surface area contributed by atoms with Crippen molar-refractivity contribution in [1.82, 2.24) is 15.2 Å². The molecule has 0 atom stereocenters. The second-order valence-corrected chi connectivity index (χ2v) is 5.46. The van der Waals surface area contributed by atoms with E-state index >= 15 is 0 Å². The topological polar surface area (TPSA) is 82.5 Å². The first-order chi connectivity index (χ1) is 8.40. The van der Waals surface area contributed by atoms with Gasteiger partial charge in [0.1, 0.15) is 11.6 Å². The summed E-state index contributed by atoms with van der Waals surface area (Å²) in [7, 11) is 0. The number of thiazole rings is 1. The molecule has 7 heteroatoms. The Morgan fingerprint density at radius 1 is 1.56 bits per heavy atom. The maximum Gasteiger partial charge on any atom is 0.323 e. The van der Waals surface area contributed by atoms with E-state index in [1.807, 2.05) is 6.92 Å². The van der Waals surface area contributed by atoms with E-state index in [1.54, 1.807) is 20.0 Å². The van der Waals surface area contributed by atoms with Crippen LogP contribution < -0.4 is 5.32 Å². The van der Waals surface area contributed by atoms with Gasteiger partial charge in [0, 0.05) is 17.1 Å². The first-order valence-corrected chi connectivity index (χ1v) is 6.39. The first-order valence-electron chi connectivity index (χ1n) is 5.57. The zero-order valence-electron chi connectivity index (χ0n) is 10.6. The number of aromatic nitrogens is 1. The van der Waals surface area contributed by atoms with Crippen LogP contribution in [0, 0.1) is 6.92 Å². The molecule has 1 heterocycles. The number of aryl methyl sites for hydroxylation is 1. The number of amides is 2. The summed E-state index contributed by atoms with van der Waals surface area (Å²) in [6, 6.07) is -0.556. The van der Waals surface area contributed by atoms with Crippen molar-refractivity contribution in [1.29, 1.82) is 0 Å². The molecule has 0 aromatic carbocycles. The molecule has 0 spiro atoms. The van der Waals surface area contributed by atoms with Crippen LogP contribution in [0.1, 0.15) is 23.7 Å². The Balaban J connectivity index is 2.53. The molecule has 1 aromatic heterocycles. The summed E-state index contributed by atoms with van der Waals surface area (Å²) in [6.07, 6.45) is 1.74. The number of carboxylic acid groups (broad SMARTS) is 1. The fourth-order valence-corrected chi connectivity index (χ4v) is 2.10. The molecule has 0 aliphatic carbocycles. The number of hydrogen-bond donors (Lipinski definition) is 2. The van der Waals surface area contributed by atoms with Crippen molar-refractivity contribution < 1.29 is 14.7 Å². The van der Waals surface area contributed by atoms with Gasteiger partial charge < -0.3 is 15.3 Å². The predicted molar refractivity (Wildman–Crippen MR) is 68.6 cm³/mol. The molecule has 6 nitrogen and oxygen atoms in total. The molecule has 0 bridgehead atoms. The number of urea groups is 1. The minimum atomic E-state index is -1.02. The fraction of sp³-hybridized carbons (Fsp3) is 0.545. The molecular weight excluding hydrogens is 254 g/mol. The highest BCUT2D eigenvalue weighted by molar-refractivity contribution is 7.11. The van der Waals surface area contributed by atoms with E-state index in [4.69, 9.17) is 5.11 Å². The summed E-state index contributed by atoms with van der Waals surface area (Å²) in [5, 5.41) is 12.2. The van der Waals surface area contributed by atoms with Crippen molar-refractivity contribution in [2.24, 2.45) is 0 Å². The normalized spacial score (nSPS) is 10.4. The largest absolute Gasteiger partial charge is 0.480 e. The minimum Gasteiger partial charge on any atom is -0.480 e. The molecule has 0 fully saturated rings. The highest BCUT2D eigenvalue weighted by atomic mass is 32.1. The van der Waals surface area contributed by atoms with Crippen LogP contribution in [0.15, 0.2) is 6.20 Å². The van der Waals surface area contributed by atoms with Gasteiger partial charge in [-0.1, -0.05) is 0 Å². The van der Waals surface area contributed by atoms with Crippen LogP contribution in [0.5, 0.6) is 0 Å². The Kier molecular flexibility index (Phi) is 5.08. The standard InChI is InChI=1S/C11H17N3O3S/c1-7(2)14(6-10(15)16)11(17)13-5-9-12-4-8(3)18-9/h4,7H,5-6H2,1-3H3,(H,13,17)(H,15,16). The van der Waals surface area contributed by atoms with Crippen LogP contribution in [0.25, 0.3) is 0 Å². The van der Waals surface area contributed by atoms with Crippen LogP contribution in [-0.4, -0.2) is 39.6 Å². The molecule has 2 amide bonds. The van der Waals surface area contributed by atoms with Gasteiger partial charge in [-0.05, 0) is 20.8 Å². The number of nitrogens with one attached hydrogen (secondary N) is 1. The minimum absolute atomic E-state index is 0.167. The summed E-state index contributed by atoms with van der Waals surface area (Å²) in [4.78, 5) is 29.0. The third-order valence-electron chi connectivity index (χ3n) is 2.25. The molecule has 1 aromatic rings. The van der Waals surface area contributed by atoms with Crippen LogP contribution in [0.4, 0.5) is 4.79 Å². The summed E-state index contributed by atoms with van der Waals surface area (Å²) in [6.45, 7) is 5.50. The van der Waals surface area contributed by atoms with Crippen LogP contribution in [0.3, 0.4) is 0 Å². The Morgan fingerprint density at radius 2 is 2.22 bits per heavy atom. The van der Waals surface area contributed by atoms with E-state index in [0.717, 1.165) is 9.88 Å². The molecule has 0 saturated heterocycles. The van der Waals surface area contributed by atoms with Gasteiger partial charge in [-0.2, -0.15) is 0 Å². The van der Waals surface area contributed by atoms with Crippen molar-refractivity contribution in [3.05, 3.63) is 16.1 Å². The van der Waals surface area contributed by atoms with Gasteiger partial charge >= 0.3 is 12.0 Å². The van der Waals surface area contributed by atoms with Crippen molar-refractivity contribution >= 4 is 23.3 Å². The lowest BCUT2D eigenvalue weighted by molar-refractivity contribution is -0.138. The molecule has 0 unspecified atom stereocenters. The number of nitrogens with zero attached hydrogens (tertiary/aromatic N) is 2. The van der Waals surface area contributed by atoms with Crippen LogP contribution in [0.2, 0.25) is 0 Å². The molecule has 2 N–H and O–H groups in total. The average molecular weight is 271 g/mol. The summed E-state index contributed by atoms with van der Waals surface area (Å²) < 4.78 is 0. The zero-order chi connectivity index (χ0) is 13.7. The molecule has 100 valence electrons. The highest BCUT2D eigenvalue weighted by Gasteiger charge is 2.19. The van der Waals surface area contributed by atoms with E-state index in [9.17, 15) is 9.59 Å².